The zero-order valence-electron chi connectivity index (χ0n) is 20.9. The highest BCUT2D eigenvalue weighted by Crippen LogP contribution is 2.39. The number of nitrogens with zero attached hydrogens (tertiary/aromatic N) is 3. The molecule has 0 saturated heterocycles. The van der Waals surface area contributed by atoms with Gasteiger partial charge in [0.2, 0.25) is 6.29 Å². The topological polar surface area (TPSA) is 101 Å². The first-order valence-electron chi connectivity index (χ1n) is 11.1. The Labute approximate surface area is 209 Å². The van der Waals surface area contributed by atoms with Gasteiger partial charge in [-0.05, 0) is 23.5 Å². The number of halogens is 1. The van der Waals surface area contributed by atoms with Crippen molar-refractivity contribution in [3.05, 3.63) is 51.8 Å². The van der Waals surface area contributed by atoms with Gasteiger partial charge in [-0.3, -0.25) is 9.67 Å². The number of aryl methyl sites for hydroxylation is 2. The van der Waals surface area contributed by atoms with Gasteiger partial charge in [-0.15, -0.1) is 0 Å². The van der Waals surface area contributed by atoms with Crippen LogP contribution in [0, 0.1) is 6.92 Å². The highest BCUT2D eigenvalue weighted by atomic mass is 35.5. The van der Waals surface area contributed by atoms with Crippen molar-refractivity contribution in [3.8, 4) is 0 Å². The molecule has 0 radical (unpaired) electrons. The molecule has 35 heavy (non-hydrogen) atoms. The number of carbonyl (C=O) groups is 2. The third-order valence-corrected chi connectivity index (χ3v) is 5.80. The highest BCUT2D eigenvalue weighted by molar-refractivity contribution is 6.33. The van der Waals surface area contributed by atoms with Crippen molar-refractivity contribution in [2.45, 2.75) is 52.4 Å². The lowest BCUT2D eigenvalue weighted by molar-refractivity contribution is -0.146. The molecule has 2 heterocycles. The van der Waals surface area contributed by atoms with Gasteiger partial charge < -0.3 is 18.9 Å². The Morgan fingerprint density at radius 1 is 1.17 bits per heavy atom. The van der Waals surface area contributed by atoms with Gasteiger partial charge in [0.15, 0.2) is 12.4 Å². The van der Waals surface area contributed by atoms with Crippen LogP contribution < -0.4 is 0 Å². The average Bonchev–Trinajstić information content (AvgIpc) is 3.58. The Balaban J connectivity index is 2.00. The Kier molecular flexibility index (Phi) is 7.90. The van der Waals surface area contributed by atoms with Crippen LogP contribution in [0.15, 0.2) is 29.3 Å². The summed E-state index contributed by atoms with van der Waals surface area (Å²) in [7, 11) is 2.94. The van der Waals surface area contributed by atoms with Crippen molar-refractivity contribution in [2.24, 2.45) is 12.0 Å². The van der Waals surface area contributed by atoms with Crippen LogP contribution in [0.4, 0.5) is 4.79 Å². The largest absolute Gasteiger partial charge is 0.511 e. The Bertz CT molecular complexity index is 1160. The van der Waals surface area contributed by atoms with E-state index in [9.17, 15) is 9.59 Å². The van der Waals surface area contributed by atoms with E-state index in [1.807, 2.05) is 12.1 Å². The summed E-state index contributed by atoms with van der Waals surface area (Å²) in [6, 6.07) is 7.92. The Morgan fingerprint density at radius 3 is 2.29 bits per heavy atom. The average molecular weight is 504 g/mol. The predicted octanol–water partition coefficient (Wildman–Crippen LogP) is 4.69. The van der Waals surface area contributed by atoms with Crippen molar-refractivity contribution < 1.29 is 28.5 Å². The van der Waals surface area contributed by atoms with E-state index >= 15 is 0 Å². The lowest BCUT2D eigenvalue weighted by atomic mass is 9.86. The van der Waals surface area contributed by atoms with E-state index in [1.54, 1.807) is 24.9 Å². The molecular formula is C25H30ClN3O6. The molecule has 0 amide bonds. The molecule has 0 N–H and O–H groups in total. The molecule has 1 aromatic heterocycles. The summed E-state index contributed by atoms with van der Waals surface area (Å²) in [5.41, 5.74) is 3.95. The van der Waals surface area contributed by atoms with Gasteiger partial charge in [0.05, 0.1) is 17.8 Å². The summed E-state index contributed by atoms with van der Waals surface area (Å²) in [6.07, 6.45) is -0.360. The standard InChI is InChI=1S/C25H30ClN3O6/c1-14-21(26)22(29(6)28-14)23(34-15(2)35-24(31)33-13-19(30)32-7)20(18-12-27-18)16-8-10-17(11-9-16)25(3,4)5/h8-12,15,18H,13H2,1-7H3/b23-20+. The number of ether oxygens (including phenoxy) is 4. The van der Waals surface area contributed by atoms with Gasteiger partial charge in [-0.2, -0.15) is 5.10 Å². The molecule has 0 saturated carbocycles. The molecule has 0 aliphatic carbocycles. The summed E-state index contributed by atoms with van der Waals surface area (Å²) >= 11 is 6.62. The molecule has 1 aliphatic rings. The molecule has 1 aliphatic heterocycles. The first-order chi connectivity index (χ1) is 16.4. The van der Waals surface area contributed by atoms with Gasteiger partial charge in [-0.25, -0.2) is 9.59 Å². The first kappa shape index (κ1) is 26.3. The van der Waals surface area contributed by atoms with Gasteiger partial charge in [0.1, 0.15) is 11.7 Å². The molecule has 1 aromatic carbocycles. The summed E-state index contributed by atoms with van der Waals surface area (Å²) < 4.78 is 22.2. The van der Waals surface area contributed by atoms with Gasteiger partial charge in [-0.1, -0.05) is 56.6 Å². The summed E-state index contributed by atoms with van der Waals surface area (Å²) in [5, 5.41) is 4.82. The molecule has 2 aromatic rings. The molecule has 9 nitrogen and oxygen atoms in total. The van der Waals surface area contributed by atoms with E-state index in [0.29, 0.717) is 22.2 Å². The molecule has 2 atom stereocenters. The fourth-order valence-corrected chi connectivity index (χ4v) is 3.69. The Morgan fingerprint density at radius 2 is 1.80 bits per heavy atom. The van der Waals surface area contributed by atoms with E-state index in [0.717, 1.165) is 11.1 Å². The zero-order chi connectivity index (χ0) is 25.9. The van der Waals surface area contributed by atoms with Crippen LogP contribution in [0.1, 0.15) is 50.2 Å². The number of rotatable bonds is 8. The molecule has 0 spiro atoms. The quantitative estimate of drug-likeness (QED) is 0.292. The van der Waals surface area contributed by atoms with Gasteiger partial charge >= 0.3 is 12.1 Å². The van der Waals surface area contributed by atoms with E-state index in [4.69, 9.17) is 25.8 Å². The minimum atomic E-state index is -1.08. The second-order valence-corrected chi connectivity index (χ2v) is 9.48. The van der Waals surface area contributed by atoms with Crippen molar-refractivity contribution >= 4 is 41.3 Å². The van der Waals surface area contributed by atoms with Crippen LogP contribution >= 0.6 is 11.6 Å². The fraction of sp³-hybridized carbons (Fsp3) is 0.440. The molecule has 2 unspecified atom stereocenters. The molecule has 0 bridgehead atoms. The van der Waals surface area contributed by atoms with E-state index < -0.39 is 25.0 Å². The lowest BCUT2D eigenvalue weighted by Crippen LogP contribution is -2.22. The molecule has 0 fully saturated rings. The number of esters is 1. The van der Waals surface area contributed by atoms with Crippen molar-refractivity contribution in [2.75, 3.05) is 13.7 Å². The number of aromatic nitrogens is 2. The molecule has 188 valence electrons. The number of hydrogen-bond acceptors (Lipinski definition) is 8. The minimum Gasteiger partial charge on any atom is -0.466 e. The Hall–Kier alpha value is -3.33. The van der Waals surface area contributed by atoms with Crippen LogP contribution in [0.3, 0.4) is 0 Å². The summed E-state index contributed by atoms with van der Waals surface area (Å²) in [4.78, 5) is 27.6. The smallest absolute Gasteiger partial charge is 0.466 e. The molecular weight excluding hydrogens is 474 g/mol. The zero-order valence-corrected chi connectivity index (χ0v) is 21.7. The third-order valence-electron chi connectivity index (χ3n) is 5.35. The normalized spacial score (nSPS) is 16.3. The molecule has 10 heteroatoms. The monoisotopic (exact) mass is 503 g/mol. The van der Waals surface area contributed by atoms with E-state index in [2.05, 4.69) is 47.7 Å². The maximum absolute atomic E-state index is 12.0. The number of benzene rings is 1. The SMILES string of the molecule is COC(=O)COC(=O)OC(C)O/C(=C(\c1ccc(C(C)(C)C)cc1)C1C=N1)c1c(Cl)c(C)nn1C. The lowest BCUT2D eigenvalue weighted by Gasteiger charge is -2.22. The van der Waals surface area contributed by atoms with Crippen LogP contribution in [-0.2, 0) is 36.2 Å². The van der Waals surface area contributed by atoms with Crippen LogP contribution in [0.25, 0.3) is 11.3 Å². The molecule has 3 rings (SSSR count). The third kappa shape index (κ3) is 6.42. The maximum atomic E-state index is 12.0. The van der Waals surface area contributed by atoms with Crippen molar-refractivity contribution in [1.82, 2.24) is 9.78 Å². The fourth-order valence-electron chi connectivity index (χ4n) is 3.44. The number of hydrogen-bond donors (Lipinski definition) is 0. The minimum absolute atomic E-state index is 0.00676. The van der Waals surface area contributed by atoms with Crippen LogP contribution in [-0.4, -0.2) is 54.2 Å². The van der Waals surface area contributed by atoms with E-state index in [-0.39, 0.29) is 11.5 Å². The first-order valence-corrected chi connectivity index (χ1v) is 11.4. The number of aliphatic imine (C=N–C) groups is 1. The number of carbonyl (C=O) groups excluding carboxylic acids is 2. The summed E-state index contributed by atoms with van der Waals surface area (Å²) in [6.45, 7) is 9.19. The van der Waals surface area contributed by atoms with Crippen molar-refractivity contribution in [1.29, 1.82) is 0 Å². The predicted molar refractivity (Wildman–Crippen MR) is 132 cm³/mol. The second-order valence-electron chi connectivity index (χ2n) is 9.10. The van der Waals surface area contributed by atoms with Crippen molar-refractivity contribution in [3.63, 3.8) is 0 Å². The number of methoxy groups -OCH3 is 1. The highest BCUT2D eigenvalue weighted by Gasteiger charge is 2.32. The van der Waals surface area contributed by atoms with Gasteiger partial charge in [0.25, 0.3) is 0 Å². The maximum Gasteiger partial charge on any atom is 0.511 e. The van der Waals surface area contributed by atoms with E-state index in [1.165, 1.54) is 19.6 Å². The van der Waals surface area contributed by atoms with Crippen LogP contribution in [0.5, 0.6) is 0 Å². The van der Waals surface area contributed by atoms with Crippen LogP contribution in [0.2, 0.25) is 5.02 Å². The second kappa shape index (κ2) is 10.5. The summed E-state index contributed by atoms with van der Waals surface area (Å²) in [5.74, 6) is -0.336. The van der Waals surface area contributed by atoms with Gasteiger partial charge in [0, 0.05) is 25.8 Å².